The molecular formula is C20H25N5O4S. The predicted molar refractivity (Wildman–Crippen MR) is 114 cm³/mol. The standard InChI is InChI=1S/C20H25N5O4S/c1-14(26)24-7-9-25(10-8-24)20(28)23-19-22-16(13-30-19)11-18(27)21-12-15-3-5-17(29-2)6-4-15/h3-6,13H,7-12H2,1-2H3,(H,21,27)(H,22,23,28). The Morgan fingerprint density at radius 3 is 2.40 bits per heavy atom. The summed E-state index contributed by atoms with van der Waals surface area (Å²) in [6.45, 7) is 3.97. The first-order chi connectivity index (χ1) is 14.4. The van der Waals surface area contributed by atoms with Gasteiger partial charge in [0.05, 0.1) is 19.2 Å². The molecule has 1 aliphatic rings. The summed E-state index contributed by atoms with van der Waals surface area (Å²) < 4.78 is 5.11. The number of urea groups is 1. The minimum Gasteiger partial charge on any atom is -0.497 e. The van der Waals surface area contributed by atoms with E-state index in [4.69, 9.17) is 4.74 Å². The summed E-state index contributed by atoms with van der Waals surface area (Å²) in [6, 6.07) is 7.23. The Kier molecular flexibility index (Phi) is 7.23. The van der Waals surface area contributed by atoms with Gasteiger partial charge in [-0.15, -0.1) is 11.3 Å². The summed E-state index contributed by atoms with van der Waals surface area (Å²) in [5.41, 5.74) is 1.57. The molecule has 2 aromatic rings. The van der Waals surface area contributed by atoms with Crippen LogP contribution in [0, 0.1) is 0 Å². The van der Waals surface area contributed by atoms with E-state index in [2.05, 4.69) is 15.6 Å². The van der Waals surface area contributed by atoms with Crippen molar-refractivity contribution in [2.75, 3.05) is 38.6 Å². The highest BCUT2D eigenvalue weighted by atomic mass is 32.1. The van der Waals surface area contributed by atoms with Gasteiger partial charge in [-0.05, 0) is 17.7 Å². The summed E-state index contributed by atoms with van der Waals surface area (Å²) >= 11 is 1.28. The molecule has 1 aromatic carbocycles. The van der Waals surface area contributed by atoms with Crippen molar-refractivity contribution in [3.63, 3.8) is 0 Å². The van der Waals surface area contributed by atoms with Crippen molar-refractivity contribution in [1.29, 1.82) is 0 Å². The lowest BCUT2D eigenvalue weighted by Crippen LogP contribution is -2.51. The molecular weight excluding hydrogens is 406 g/mol. The lowest BCUT2D eigenvalue weighted by molar-refractivity contribution is -0.130. The van der Waals surface area contributed by atoms with Gasteiger partial charge in [0.25, 0.3) is 0 Å². The molecule has 2 N–H and O–H groups in total. The van der Waals surface area contributed by atoms with Crippen LogP contribution in [0.1, 0.15) is 18.2 Å². The smallest absolute Gasteiger partial charge is 0.323 e. The monoisotopic (exact) mass is 431 g/mol. The SMILES string of the molecule is COc1ccc(CNC(=O)Cc2csc(NC(=O)N3CCN(C(C)=O)CC3)n2)cc1. The number of methoxy groups -OCH3 is 1. The molecule has 160 valence electrons. The van der Waals surface area contributed by atoms with E-state index in [0.717, 1.165) is 11.3 Å². The maximum atomic E-state index is 12.4. The maximum Gasteiger partial charge on any atom is 0.323 e. The molecule has 0 bridgehead atoms. The number of hydrogen-bond acceptors (Lipinski definition) is 6. The molecule has 10 heteroatoms. The quantitative estimate of drug-likeness (QED) is 0.725. The number of benzene rings is 1. The number of anilines is 1. The van der Waals surface area contributed by atoms with Crippen LogP contribution in [0.25, 0.3) is 0 Å². The third kappa shape index (κ3) is 5.93. The van der Waals surface area contributed by atoms with E-state index in [0.29, 0.717) is 43.5 Å². The number of rotatable bonds is 6. The van der Waals surface area contributed by atoms with Gasteiger partial charge in [0.15, 0.2) is 5.13 Å². The number of carbonyl (C=O) groups excluding carboxylic acids is 3. The molecule has 1 saturated heterocycles. The van der Waals surface area contributed by atoms with Crippen LogP contribution in [0.5, 0.6) is 5.75 Å². The van der Waals surface area contributed by atoms with Crippen molar-refractivity contribution in [2.24, 2.45) is 0 Å². The number of nitrogens with one attached hydrogen (secondary N) is 2. The zero-order valence-corrected chi connectivity index (χ0v) is 17.8. The second-order valence-electron chi connectivity index (χ2n) is 6.87. The first kappa shape index (κ1) is 21.6. The molecule has 0 saturated carbocycles. The molecule has 9 nitrogen and oxygen atoms in total. The first-order valence-electron chi connectivity index (χ1n) is 9.60. The molecule has 3 rings (SSSR count). The Bertz CT molecular complexity index is 891. The number of nitrogens with zero attached hydrogens (tertiary/aromatic N) is 3. The second-order valence-corrected chi connectivity index (χ2v) is 7.73. The number of hydrogen-bond donors (Lipinski definition) is 2. The van der Waals surface area contributed by atoms with Gasteiger partial charge < -0.3 is 19.9 Å². The molecule has 2 heterocycles. The average Bonchev–Trinajstić information content (AvgIpc) is 3.19. The third-order valence-electron chi connectivity index (χ3n) is 4.77. The minimum atomic E-state index is -0.247. The van der Waals surface area contributed by atoms with Gasteiger partial charge in [0, 0.05) is 45.0 Å². The van der Waals surface area contributed by atoms with Crippen molar-refractivity contribution in [2.45, 2.75) is 19.9 Å². The van der Waals surface area contributed by atoms with Gasteiger partial charge in [-0.2, -0.15) is 0 Å². The fourth-order valence-corrected chi connectivity index (χ4v) is 3.71. The first-order valence-corrected chi connectivity index (χ1v) is 10.5. The number of ether oxygens (including phenoxy) is 1. The van der Waals surface area contributed by atoms with Crippen LogP contribution < -0.4 is 15.4 Å². The Morgan fingerprint density at radius 2 is 1.77 bits per heavy atom. The number of aromatic nitrogens is 1. The Hall–Kier alpha value is -3.14. The normalized spacial score (nSPS) is 13.7. The van der Waals surface area contributed by atoms with Crippen molar-refractivity contribution in [1.82, 2.24) is 20.1 Å². The summed E-state index contributed by atoms with van der Waals surface area (Å²) in [4.78, 5) is 43.6. The van der Waals surface area contributed by atoms with Crippen LogP contribution in [0.2, 0.25) is 0 Å². The summed E-state index contributed by atoms with van der Waals surface area (Å²) in [5, 5.41) is 7.83. The topological polar surface area (TPSA) is 104 Å². The zero-order chi connectivity index (χ0) is 21.5. The summed E-state index contributed by atoms with van der Waals surface area (Å²) in [6.07, 6.45) is 0.139. The largest absolute Gasteiger partial charge is 0.497 e. The van der Waals surface area contributed by atoms with Gasteiger partial charge in [-0.1, -0.05) is 12.1 Å². The van der Waals surface area contributed by atoms with Crippen LogP contribution in [-0.4, -0.2) is 65.9 Å². The van der Waals surface area contributed by atoms with Crippen LogP contribution in [0.3, 0.4) is 0 Å². The van der Waals surface area contributed by atoms with E-state index in [9.17, 15) is 14.4 Å². The van der Waals surface area contributed by atoms with E-state index in [-0.39, 0.29) is 24.3 Å². The fraction of sp³-hybridized carbons (Fsp3) is 0.400. The summed E-state index contributed by atoms with van der Waals surface area (Å²) in [7, 11) is 1.61. The van der Waals surface area contributed by atoms with Crippen molar-refractivity contribution < 1.29 is 19.1 Å². The average molecular weight is 432 g/mol. The van der Waals surface area contributed by atoms with Crippen LogP contribution >= 0.6 is 11.3 Å². The highest BCUT2D eigenvalue weighted by Crippen LogP contribution is 2.17. The third-order valence-corrected chi connectivity index (χ3v) is 5.57. The molecule has 30 heavy (non-hydrogen) atoms. The minimum absolute atomic E-state index is 0.0184. The molecule has 0 spiro atoms. The van der Waals surface area contributed by atoms with Crippen molar-refractivity contribution in [3.05, 3.63) is 40.9 Å². The van der Waals surface area contributed by atoms with Gasteiger partial charge in [-0.3, -0.25) is 14.9 Å². The lowest BCUT2D eigenvalue weighted by Gasteiger charge is -2.33. The number of amides is 4. The van der Waals surface area contributed by atoms with E-state index in [1.54, 1.807) is 22.3 Å². The van der Waals surface area contributed by atoms with Gasteiger partial charge >= 0.3 is 6.03 Å². The molecule has 4 amide bonds. The summed E-state index contributed by atoms with van der Waals surface area (Å²) in [5.74, 6) is 0.641. The van der Waals surface area contributed by atoms with E-state index >= 15 is 0 Å². The van der Waals surface area contributed by atoms with Crippen LogP contribution in [-0.2, 0) is 22.6 Å². The van der Waals surface area contributed by atoms with Crippen LogP contribution in [0.15, 0.2) is 29.6 Å². The highest BCUT2D eigenvalue weighted by Gasteiger charge is 2.23. The van der Waals surface area contributed by atoms with E-state index < -0.39 is 0 Å². The van der Waals surface area contributed by atoms with Crippen molar-refractivity contribution in [3.8, 4) is 5.75 Å². The maximum absolute atomic E-state index is 12.4. The highest BCUT2D eigenvalue weighted by molar-refractivity contribution is 7.13. The Morgan fingerprint density at radius 1 is 1.10 bits per heavy atom. The molecule has 0 radical (unpaired) electrons. The van der Waals surface area contributed by atoms with E-state index in [1.807, 2.05) is 24.3 Å². The second kappa shape index (κ2) is 10.1. The van der Waals surface area contributed by atoms with Gasteiger partial charge in [0.2, 0.25) is 11.8 Å². The number of piperazine rings is 1. The Labute approximate surface area is 179 Å². The molecule has 0 atom stereocenters. The molecule has 1 fully saturated rings. The molecule has 0 unspecified atom stereocenters. The molecule has 0 aliphatic carbocycles. The van der Waals surface area contributed by atoms with E-state index in [1.165, 1.54) is 18.3 Å². The number of carbonyl (C=O) groups is 3. The van der Waals surface area contributed by atoms with Crippen molar-refractivity contribution >= 4 is 34.3 Å². The predicted octanol–water partition coefficient (Wildman–Crippen LogP) is 1.71. The van der Waals surface area contributed by atoms with Crippen LogP contribution in [0.4, 0.5) is 9.93 Å². The zero-order valence-electron chi connectivity index (χ0n) is 17.0. The van der Waals surface area contributed by atoms with Gasteiger partial charge in [-0.25, -0.2) is 9.78 Å². The number of thiazole rings is 1. The lowest BCUT2D eigenvalue weighted by atomic mass is 10.2. The molecule has 1 aliphatic heterocycles. The Balaban J connectivity index is 1.43. The van der Waals surface area contributed by atoms with Gasteiger partial charge in [0.1, 0.15) is 5.75 Å². The molecule has 1 aromatic heterocycles. The fourth-order valence-electron chi connectivity index (χ4n) is 3.01.